The van der Waals surface area contributed by atoms with Crippen molar-refractivity contribution < 1.29 is 14.6 Å². The standard InChI is InChI=1S/C27H32N6O3/c1-31-24-21(10-18(12-23(24)36-2)27(35)32-14-19(28)7-8-20(32)15-34)30-26(31)22-11-17-4-3-9-29-25(17)33(22)13-16-5-6-16/h3-4,9-12,16,19-20,34H,5-8,13-15,28H2,1-2H3/t19?,20-/m0/s1. The summed E-state index contributed by atoms with van der Waals surface area (Å²) in [5.74, 6) is 1.90. The molecular formula is C27H32N6O3. The van der Waals surface area contributed by atoms with Crippen LogP contribution in [0.2, 0.25) is 0 Å². The maximum atomic E-state index is 13.5. The zero-order chi connectivity index (χ0) is 25.0. The van der Waals surface area contributed by atoms with Crippen LogP contribution in [0.4, 0.5) is 0 Å². The van der Waals surface area contributed by atoms with Gasteiger partial charge in [-0.3, -0.25) is 4.79 Å². The average Bonchev–Trinajstić information content (AvgIpc) is 3.56. The third-order valence-electron chi connectivity index (χ3n) is 7.64. The number of hydrogen-bond donors (Lipinski definition) is 2. The highest BCUT2D eigenvalue weighted by Gasteiger charge is 2.32. The maximum absolute atomic E-state index is 13.5. The van der Waals surface area contributed by atoms with Gasteiger partial charge in [-0.2, -0.15) is 0 Å². The number of imidazole rings is 1. The van der Waals surface area contributed by atoms with Crippen molar-refractivity contribution in [1.29, 1.82) is 0 Å². The number of rotatable bonds is 6. The lowest BCUT2D eigenvalue weighted by Gasteiger charge is -2.37. The lowest BCUT2D eigenvalue weighted by Crippen LogP contribution is -2.52. The van der Waals surface area contributed by atoms with Crippen LogP contribution in [0.15, 0.2) is 36.5 Å². The molecule has 0 spiro atoms. The van der Waals surface area contributed by atoms with Gasteiger partial charge in [-0.25, -0.2) is 9.97 Å². The van der Waals surface area contributed by atoms with Crippen molar-refractivity contribution in [1.82, 2.24) is 24.0 Å². The lowest BCUT2D eigenvalue weighted by atomic mass is 9.98. The first-order chi connectivity index (χ1) is 17.5. The molecule has 1 amide bonds. The molecule has 1 aliphatic heterocycles. The van der Waals surface area contributed by atoms with Crippen LogP contribution < -0.4 is 10.5 Å². The molecule has 2 atom stereocenters. The first-order valence-electron chi connectivity index (χ1n) is 12.6. The summed E-state index contributed by atoms with van der Waals surface area (Å²) >= 11 is 0. The molecule has 0 bridgehead atoms. The number of fused-ring (bicyclic) bond motifs is 2. The van der Waals surface area contributed by atoms with Gasteiger partial charge in [0.15, 0.2) is 5.82 Å². The van der Waals surface area contributed by atoms with Gasteiger partial charge in [0.2, 0.25) is 0 Å². The number of aryl methyl sites for hydroxylation is 1. The molecule has 4 heterocycles. The molecule has 9 heteroatoms. The van der Waals surface area contributed by atoms with E-state index in [2.05, 4.69) is 21.7 Å². The Morgan fingerprint density at radius 2 is 2.06 bits per heavy atom. The number of aromatic nitrogens is 4. The summed E-state index contributed by atoms with van der Waals surface area (Å²) in [6.07, 6.45) is 5.80. The number of nitrogens with two attached hydrogens (primary N) is 1. The number of likely N-dealkylation sites (tertiary alicyclic amines) is 1. The molecule has 36 heavy (non-hydrogen) atoms. The van der Waals surface area contributed by atoms with Crippen LogP contribution in [0.5, 0.6) is 5.75 Å². The molecule has 2 aliphatic rings. The summed E-state index contributed by atoms with van der Waals surface area (Å²) in [4.78, 5) is 24.9. The normalized spacial score (nSPS) is 20.4. The molecule has 1 saturated carbocycles. The highest BCUT2D eigenvalue weighted by atomic mass is 16.5. The van der Waals surface area contributed by atoms with E-state index < -0.39 is 0 Å². The largest absolute Gasteiger partial charge is 0.494 e. The molecule has 3 aromatic heterocycles. The molecule has 3 N–H and O–H groups in total. The molecule has 2 fully saturated rings. The molecule has 1 saturated heterocycles. The Bertz CT molecular complexity index is 1450. The second-order valence-corrected chi connectivity index (χ2v) is 10.2. The van der Waals surface area contributed by atoms with Gasteiger partial charge >= 0.3 is 0 Å². The first kappa shape index (κ1) is 23.0. The van der Waals surface area contributed by atoms with Gasteiger partial charge in [0, 0.05) is 43.3 Å². The van der Waals surface area contributed by atoms with Crippen molar-refractivity contribution in [3.63, 3.8) is 0 Å². The molecule has 0 radical (unpaired) electrons. The summed E-state index contributed by atoms with van der Waals surface area (Å²) in [6, 6.07) is 9.45. The van der Waals surface area contributed by atoms with Crippen molar-refractivity contribution in [3.05, 3.63) is 42.1 Å². The third kappa shape index (κ3) is 3.83. The molecule has 9 nitrogen and oxygen atoms in total. The Labute approximate surface area is 209 Å². The molecule has 6 rings (SSSR count). The summed E-state index contributed by atoms with van der Waals surface area (Å²) in [6.45, 7) is 1.26. The molecule has 4 aromatic rings. The van der Waals surface area contributed by atoms with E-state index in [1.54, 1.807) is 18.1 Å². The quantitative estimate of drug-likeness (QED) is 0.432. The number of hydrogen-bond acceptors (Lipinski definition) is 6. The Morgan fingerprint density at radius 3 is 2.81 bits per heavy atom. The molecule has 188 valence electrons. The fraction of sp³-hybridized carbons (Fsp3) is 0.444. The Balaban J connectivity index is 1.47. The predicted octanol–water partition coefficient (Wildman–Crippen LogP) is 2.93. The Kier molecular flexibility index (Phi) is 5.69. The zero-order valence-corrected chi connectivity index (χ0v) is 20.7. The number of nitrogens with zero attached hydrogens (tertiary/aromatic N) is 5. The van der Waals surface area contributed by atoms with E-state index in [0.717, 1.165) is 41.0 Å². The third-order valence-corrected chi connectivity index (χ3v) is 7.64. The van der Waals surface area contributed by atoms with Crippen LogP contribution >= 0.6 is 0 Å². The van der Waals surface area contributed by atoms with E-state index in [4.69, 9.17) is 15.5 Å². The maximum Gasteiger partial charge on any atom is 0.254 e. The van der Waals surface area contributed by atoms with Crippen molar-refractivity contribution in [2.75, 3.05) is 20.3 Å². The van der Waals surface area contributed by atoms with E-state index >= 15 is 0 Å². The Morgan fingerprint density at radius 1 is 1.22 bits per heavy atom. The number of aliphatic hydroxyl groups excluding tert-OH is 1. The van der Waals surface area contributed by atoms with Gasteiger partial charge in [-0.1, -0.05) is 0 Å². The van der Waals surface area contributed by atoms with Crippen molar-refractivity contribution in [2.45, 2.75) is 44.3 Å². The number of carbonyl (C=O) groups excluding carboxylic acids is 1. The fourth-order valence-corrected chi connectivity index (χ4v) is 5.49. The number of methoxy groups -OCH3 is 1. The minimum Gasteiger partial charge on any atom is -0.494 e. The van der Waals surface area contributed by atoms with Gasteiger partial charge in [0.25, 0.3) is 5.91 Å². The van der Waals surface area contributed by atoms with Crippen LogP contribution in [-0.4, -0.2) is 67.4 Å². The van der Waals surface area contributed by atoms with Crippen molar-refractivity contribution in [2.24, 2.45) is 18.7 Å². The van der Waals surface area contributed by atoms with Gasteiger partial charge < -0.3 is 29.6 Å². The second kappa shape index (κ2) is 8.90. The van der Waals surface area contributed by atoms with Gasteiger partial charge in [-0.05, 0) is 61.9 Å². The topological polar surface area (TPSA) is 111 Å². The van der Waals surface area contributed by atoms with Crippen LogP contribution in [0.1, 0.15) is 36.0 Å². The number of ether oxygens (including phenoxy) is 1. The highest BCUT2D eigenvalue weighted by Crippen LogP contribution is 2.37. The SMILES string of the molecule is COc1cc(C(=O)N2CC(N)CC[C@H]2CO)cc2nc(-c3cc4cccnc4n3CC3CC3)n(C)c12. The second-order valence-electron chi connectivity index (χ2n) is 10.2. The molecule has 1 aromatic carbocycles. The minimum absolute atomic E-state index is 0.0782. The number of carbonyl (C=O) groups is 1. The molecule has 1 aliphatic carbocycles. The average molecular weight is 489 g/mol. The smallest absolute Gasteiger partial charge is 0.254 e. The number of amides is 1. The number of pyridine rings is 1. The van der Waals surface area contributed by atoms with Crippen LogP contribution in [-0.2, 0) is 13.6 Å². The van der Waals surface area contributed by atoms with Crippen molar-refractivity contribution in [3.8, 4) is 17.3 Å². The summed E-state index contributed by atoms with van der Waals surface area (Å²) < 4.78 is 10.1. The highest BCUT2D eigenvalue weighted by molar-refractivity contribution is 6.00. The fourth-order valence-electron chi connectivity index (χ4n) is 5.49. The van der Waals surface area contributed by atoms with E-state index in [1.807, 2.05) is 29.9 Å². The number of aliphatic hydroxyl groups is 1. The van der Waals surface area contributed by atoms with E-state index in [-0.39, 0.29) is 24.6 Å². The summed E-state index contributed by atoms with van der Waals surface area (Å²) in [7, 11) is 3.59. The van der Waals surface area contributed by atoms with Crippen LogP contribution in [0, 0.1) is 5.92 Å². The van der Waals surface area contributed by atoms with Gasteiger partial charge in [0.05, 0.1) is 31.0 Å². The first-order valence-corrected chi connectivity index (χ1v) is 12.6. The van der Waals surface area contributed by atoms with Gasteiger partial charge in [-0.15, -0.1) is 0 Å². The zero-order valence-electron chi connectivity index (χ0n) is 20.7. The summed E-state index contributed by atoms with van der Waals surface area (Å²) in [5, 5.41) is 10.9. The van der Waals surface area contributed by atoms with E-state index in [0.29, 0.717) is 35.7 Å². The van der Waals surface area contributed by atoms with Crippen molar-refractivity contribution >= 4 is 28.0 Å². The molecular weight excluding hydrogens is 456 g/mol. The number of benzene rings is 1. The van der Waals surface area contributed by atoms with Crippen LogP contribution in [0.3, 0.4) is 0 Å². The Hall–Kier alpha value is -3.43. The van der Waals surface area contributed by atoms with E-state index in [9.17, 15) is 9.90 Å². The van der Waals surface area contributed by atoms with E-state index in [1.165, 1.54) is 12.8 Å². The number of piperidine rings is 1. The summed E-state index contributed by atoms with van der Waals surface area (Å²) in [5.41, 5.74) is 10.1. The monoisotopic (exact) mass is 488 g/mol. The lowest BCUT2D eigenvalue weighted by molar-refractivity contribution is 0.0472. The van der Waals surface area contributed by atoms with Crippen LogP contribution in [0.25, 0.3) is 33.6 Å². The predicted molar refractivity (Wildman–Crippen MR) is 138 cm³/mol. The molecule has 1 unspecified atom stereocenters. The van der Waals surface area contributed by atoms with Gasteiger partial charge in [0.1, 0.15) is 16.9 Å². The minimum atomic E-state index is -0.232.